The van der Waals surface area contributed by atoms with Gasteiger partial charge in [-0.25, -0.2) is 0 Å². The largest absolute Gasteiger partial charge is 0.493 e. The molecule has 0 heterocycles. The van der Waals surface area contributed by atoms with Crippen LogP contribution in [0.1, 0.15) is 44.4 Å². The summed E-state index contributed by atoms with van der Waals surface area (Å²) in [5.74, 6) is 1.53. The second-order valence-corrected chi connectivity index (χ2v) is 6.06. The fraction of sp³-hybridized carbons (Fsp3) is 0.400. The van der Waals surface area contributed by atoms with Gasteiger partial charge in [-0.15, -0.1) is 0 Å². The standard InChI is InChI=1S/C20H27NO/c1-4-19(17-10-6-5-7-11-17)21-14-18-12-8-9-13-20(18)22-15-16(2)3/h5-13,16,19,21H,4,14-15H2,1-3H3. The summed E-state index contributed by atoms with van der Waals surface area (Å²) in [4.78, 5) is 0. The van der Waals surface area contributed by atoms with Crippen molar-refractivity contribution in [3.8, 4) is 5.75 Å². The molecule has 0 amide bonds. The van der Waals surface area contributed by atoms with Crippen LogP contribution >= 0.6 is 0 Å². The number of ether oxygens (including phenoxy) is 1. The lowest BCUT2D eigenvalue weighted by Crippen LogP contribution is -2.20. The van der Waals surface area contributed by atoms with Crippen molar-refractivity contribution in [2.24, 2.45) is 5.92 Å². The second-order valence-electron chi connectivity index (χ2n) is 6.06. The van der Waals surface area contributed by atoms with Crippen LogP contribution in [0, 0.1) is 5.92 Å². The van der Waals surface area contributed by atoms with Gasteiger partial charge in [0.05, 0.1) is 6.61 Å². The minimum Gasteiger partial charge on any atom is -0.493 e. The van der Waals surface area contributed by atoms with Gasteiger partial charge in [0.15, 0.2) is 0 Å². The first-order chi connectivity index (χ1) is 10.7. The fourth-order valence-electron chi connectivity index (χ4n) is 2.46. The third-order valence-corrected chi connectivity index (χ3v) is 3.69. The maximum atomic E-state index is 5.93. The molecule has 2 heteroatoms. The lowest BCUT2D eigenvalue weighted by atomic mass is 10.0. The summed E-state index contributed by atoms with van der Waals surface area (Å²) in [6, 6.07) is 19.3. The molecule has 0 aromatic heterocycles. The smallest absolute Gasteiger partial charge is 0.123 e. The molecule has 2 aromatic carbocycles. The minimum absolute atomic E-state index is 0.374. The predicted octanol–water partition coefficient (Wildman–Crippen LogP) is 4.96. The summed E-state index contributed by atoms with van der Waals surface area (Å²) in [6.07, 6.45) is 1.07. The minimum atomic E-state index is 0.374. The average Bonchev–Trinajstić information content (AvgIpc) is 2.55. The molecule has 0 radical (unpaired) electrons. The first-order valence-electron chi connectivity index (χ1n) is 8.19. The van der Waals surface area contributed by atoms with Crippen molar-refractivity contribution in [2.75, 3.05) is 6.61 Å². The van der Waals surface area contributed by atoms with E-state index in [4.69, 9.17) is 4.74 Å². The topological polar surface area (TPSA) is 21.3 Å². The van der Waals surface area contributed by atoms with Gasteiger partial charge in [0.1, 0.15) is 5.75 Å². The van der Waals surface area contributed by atoms with E-state index in [0.29, 0.717) is 12.0 Å². The van der Waals surface area contributed by atoms with Gasteiger partial charge in [0.2, 0.25) is 0 Å². The monoisotopic (exact) mass is 297 g/mol. The van der Waals surface area contributed by atoms with Crippen molar-refractivity contribution in [2.45, 2.75) is 39.8 Å². The molecule has 0 saturated carbocycles. The molecular weight excluding hydrogens is 270 g/mol. The van der Waals surface area contributed by atoms with Crippen molar-refractivity contribution >= 4 is 0 Å². The highest BCUT2D eigenvalue weighted by Crippen LogP contribution is 2.21. The Hall–Kier alpha value is -1.80. The fourth-order valence-corrected chi connectivity index (χ4v) is 2.46. The molecule has 0 aliphatic carbocycles. The molecule has 22 heavy (non-hydrogen) atoms. The molecule has 0 spiro atoms. The maximum Gasteiger partial charge on any atom is 0.123 e. The molecule has 2 nitrogen and oxygen atoms in total. The molecule has 0 aliphatic heterocycles. The van der Waals surface area contributed by atoms with Gasteiger partial charge in [0, 0.05) is 18.2 Å². The van der Waals surface area contributed by atoms with E-state index in [1.54, 1.807) is 0 Å². The molecule has 0 bridgehead atoms. The van der Waals surface area contributed by atoms with Crippen LogP contribution < -0.4 is 10.1 Å². The van der Waals surface area contributed by atoms with E-state index in [9.17, 15) is 0 Å². The molecule has 1 N–H and O–H groups in total. The molecule has 0 aliphatic rings. The van der Waals surface area contributed by atoms with Crippen LogP contribution in [0.5, 0.6) is 5.75 Å². The van der Waals surface area contributed by atoms with Crippen LogP contribution in [-0.4, -0.2) is 6.61 Å². The van der Waals surface area contributed by atoms with Gasteiger partial charge >= 0.3 is 0 Å². The summed E-state index contributed by atoms with van der Waals surface area (Å²) in [5.41, 5.74) is 2.56. The van der Waals surface area contributed by atoms with E-state index in [0.717, 1.165) is 25.3 Å². The van der Waals surface area contributed by atoms with Crippen LogP contribution in [0.3, 0.4) is 0 Å². The summed E-state index contributed by atoms with van der Waals surface area (Å²) in [7, 11) is 0. The zero-order valence-electron chi connectivity index (χ0n) is 13.9. The third kappa shape index (κ3) is 4.88. The number of hydrogen-bond donors (Lipinski definition) is 1. The highest BCUT2D eigenvalue weighted by atomic mass is 16.5. The summed E-state index contributed by atoms with van der Waals surface area (Å²) >= 11 is 0. The second kappa shape index (κ2) is 8.60. The molecule has 0 fully saturated rings. The molecule has 118 valence electrons. The Morgan fingerprint density at radius 1 is 0.955 bits per heavy atom. The number of para-hydroxylation sites is 1. The quantitative estimate of drug-likeness (QED) is 0.743. The molecule has 1 atom stereocenters. The Bertz CT molecular complexity index is 551. The Morgan fingerprint density at radius 2 is 1.64 bits per heavy atom. The lowest BCUT2D eigenvalue weighted by molar-refractivity contribution is 0.267. The highest BCUT2D eigenvalue weighted by molar-refractivity contribution is 5.33. The van der Waals surface area contributed by atoms with Crippen LogP contribution in [0.25, 0.3) is 0 Å². The first-order valence-corrected chi connectivity index (χ1v) is 8.19. The van der Waals surface area contributed by atoms with Crippen LogP contribution in [0.2, 0.25) is 0 Å². The Labute approximate surface area is 134 Å². The van der Waals surface area contributed by atoms with Gasteiger partial charge in [0.25, 0.3) is 0 Å². The normalized spacial score (nSPS) is 12.4. The molecule has 2 rings (SSSR count). The van der Waals surface area contributed by atoms with E-state index < -0.39 is 0 Å². The number of hydrogen-bond acceptors (Lipinski definition) is 2. The molecular formula is C20H27NO. The van der Waals surface area contributed by atoms with E-state index in [1.165, 1.54) is 11.1 Å². The average molecular weight is 297 g/mol. The van der Waals surface area contributed by atoms with Crippen LogP contribution in [0.4, 0.5) is 0 Å². The molecule has 1 unspecified atom stereocenters. The van der Waals surface area contributed by atoms with Gasteiger partial charge < -0.3 is 10.1 Å². The summed E-state index contributed by atoms with van der Waals surface area (Å²) in [5, 5.41) is 3.65. The third-order valence-electron chi connectivity index (χ3n) is 3.69. The van der Waals surface area contributed by atoms with Crippen molar-refractivity contribution in [3.05, 3.63) is 65.7 Å². The van der Waals surface area contributed by atoms with E-state index >= 15 is 0 Å². The van der Waals surface area contributed by atoms with Crippen LogP contribution in [0.15, 0.2) is 54.6 Å². The molecule has 0 saturated heterocycles. The lowest BCUT2D eigenvalue weighted by Gasteiger charge is -2.19. The SMILES string of the molecule is CCC(NCc1ccccc1OCC(C)C)c1ccccc1. The van der Waals surface area contributed by atoms with Crippen molar-refractivity contribution in [1.82, 2.24) is 5.32 Å². The zero-order chi connectivity index (χ0) is 15.8. The molecule has 2 aromatic rings. The Kier molecular flexibility index (Phi) is 6.47. The maximum absolute atomic E-state index is 5.93. The van der Waals surface area contributed by atoms with Crippen molar-refractivity contribution in [1.29, 1.82) is 0 Å². The highest BCUT2D eigenvalue weighted by Gasteiger charge is 2.10. The van der Waals surface area contributed by atoms with E-state index in [-0.39, 0.29) is 0 Å². The zero-order valence-corrected chi connectivity index (χ0v) is 13.9. The van der Waals surface area contributed by atoms with Crippen molar-refractivity contribution < 1.29 is 4.74 Å². The number of nitrogens with one attached hydrogen (secondary N) is 1. The summed E-state index contributed by atoms with van der Waals surface area (Å²) in [6.45, 7) is 8.13. The van der Waals surface area contributed by atoms with Gasteiger partial charge in [-0.05, 0) is 24.0 Å². The van der Waals surface area contributed by atoms with Gasteiger partial charge in [-0.2, -0.15) is 0 Å². The number of benzene rings is 2. The van der Waals surface area contributed by atoms with Gasteiger partial charge in [-0.3, -0.25) is 0 Å². The first kappa shape index (κ1) is 16.6. The Balaban J connectivity index is 2.01. The van der Waals surface area contributed by atoms with Gasteiger partial charge in [-0.1, -0.05) is 69.3 Å². The predicted molar refractivity (Wildman–Crippen MR) is 93.1 cm³/mol. The van der Waals surface area contributed by atoms with E-state index in [2.05, 4.69) is 74.6 Å². The Morgan fingerprint density at radius 3 is 2.32 bits per heavy atom. The summed E-state index contributed by atoms with van der Waals surface area (Å²) < 4.78 is 5.93. The van der Waals surface area contributed by atoms with E-state index in [1.807, 2.05) is 6.07 Å². The van der Waals surface area contributed by atoms with Crippen LogP contribution in [-0.2, 0) is 6.54 Å². The number of rotatable bonds is 8. The van der Waals surface area contributed by atoms with Crippen molar-refractivity contribution in [3.63, 3.8) is 0 Å².